The number of rotatable bonds is 2. The average Bonchev–Trinajstić information content (AvgIpc) is 2.30. The van der Waals surface area contributed by atoms with Gasteiger partial charge in [0.1, 0.15) is 7.11 Å². The van der Waals surface area contributed by atoms with Gasteiger partial charge in [-0.1, -0.05) is 22.1 Å². The number of hydrogen-bond acceptors (Lipinski definition) is 4. The Balaban J connectivity index is 2.90. The van der Waals surface area contributed by atoms with Crippen LogP contribution in [0.1, 0.15) is 0 Å². The van der Waals surface area contributed by atoms with Crippen molar-refractivity contribution in [2.75, 3.05) is 14.2 Å². The maximum Gasteiger partial charge on any atom is 0.311 e. The average molecular weight is 206 g/mol. The van der Waals surface area contributed by atoms with E-state index in [0.29, 0.717) is 16.7 Å². The highest BCUT2D eigenvalue weighted by Crippen LogP contribution is 2.18. The Morgan fingerprint density at radius 3 is 2.47 bits per heavy atom. The Morgan fingerprint density at radius 1 is 1.20 bits per heavy atom. The van der Waals surface area contributed by atoms with Crippen molar-refractivity contribution in [3.8, 4) is 5.88 Å². The fourth-order valence-electron chi connectivity index (χ4n) is 1.42. The lowest BCUT2D eigenvalue weighted by atomic mass is 10.2. The van der Waals surface area contributed by atoms with Gasteiger partial charge in [-0.05, 0) is 12.1 Å². The first-order chi connectivity index (χ1) is 7.27. The Kier molecular flexibility index (Phi) is 2.29. The van der Waals surface area contributed by atoms with E-state index in [2.05, 4.69) is 5.10 Å². The molecule has 0 aliphatic carbocycles. The fraction of sp³-hybridized carbons (Fsp3) is 0.200. The molecular formula is C10H10N2O3. The summed E-state index contributed by atoms with van der Waals surface area (Å²) in [6, 6.07) is 7.09. The van der Waals surface area contributed by atoms with Crippen LogP contribution in [0.15, 0.2) is 29.1 Å². The molecule has 5 nitrogen and oxygen atoms in total. The van der Waals surface area contributed by atoms with Gasteiger partial charge in [-0.2, -0.15) is 0 Å². The lowest BCUT2D eigenvalue weighted by molar-refractivity contribution is 0.117. The smallest absolute Gasteiger partial charge is 0.311 e. The Morgan fingerprint density at radius 2 is 1.87 bits per heavy atom. The number of aromatic nitrogens is 2. The molecular weight excluding hydrogens is 196 g/mol. The second-order valence-corrected chi connectivity index (χ2v) is 2.92. The van der Waals surface area contributed by atoms with Crippen molar-refractivity contribution in [2.45, 2.75) is 0 Å². The molecule has 2 rings (SSSR count). The van der Waals surface area contributed by atoms with E-state index < -0.39 is 0 Å². The third kappa shape index (κ3) is 1.41. The van der Waals surface area contributed by atoms with Crippen LogP contribution < -0.4 is 15.1 Å². The predicted octanol–water partition coefficient (Wildman–Crippen LogP) is 0.463. The second kappa shape index (κ2) is 3.61. The number of fused-ring (bicyclic) bond motifs is 1. The molecule has 0 unspecified atom stereocenters. The first kappa shape index (κ1) is 9.51. The molecule has 1 aromatic heterocycles. The zero-order valence-corrected chi connectivity index (χ0v) is 8.43. The molecule has 0 saturated heterocycles. The van der Waals surface area contributed by atoms with Crippen molar-refractivity contribution in [3.05, 3.63) is 34.6 Å². The summed E-state index contributed by atoms with van der Waals surface area (Å²) in [5, 5.41) is 5.10. The Labute approximate surface area is 85.8 Å². The minimum Gasteiger partial charge on any atom is -0.479 e. The van der Waals surface area contributed by atoms with Gasteiger partial charge < -0.3 is 9.57 Å². The number of ether oxygens (including phenoxy) is 1. The van der Waals surface area contributed by atoms with Crippen molar-refractivity contribution < 1.29 is 9.57 Å². The van der Waals surface area contributed by atoms with Crippen LogP contribution in [-0.4, -0.2) is 24.2 Å². The van der Waals surface area contributed by atoms with E-state index in [1.54, 1.807) is 18.2 Å². The fourth-order valence-corrected chi connectivity index (χ4v) is 1.42. The van der Waals surface area contributed by atoms with E-state index in [9.17, 15) is 4.79 Å². The molecule has 0 spiro atoms. The highest BCUT2D eigenvalue weighted by atomic mass is 16.7. The van der Waals surface area contributed by atoms with Crippen LogP contribution in [0.5, 0.6) is 5.88 Å². The molecule has 0 N–H and O–H groups in total. The highest BCUT2D eigenvalue weighted by molar-refractivity contribution is 5.85. The standard InChI is InChI=1S/C10H10N2O3/c1-14-9-7-5-3-4-6-8(7)10(13)12(11-9)15-2/h3-6H,1-2H3. The van der Waals surface area contributed by atoms with E-state index in [4.69, 9.17) is 9.57 Å². The third-order valence-electron chi connectivity index (χ3n) is 2.11. The Bertz CT molecular complexity index is 548. The van der Waals surface area contributed by atoms with Crippen LogP contribution in [-0.2, 0) is 0 Å². The Hall–Kier alpha value is -2.04. The molecule has 0 bridgehead atoms. The molecule has 0 radical (unpaired) electrons. The number of benzene rings is 1. The van der Waals surface area contributed by atoms with Crippen LogP contribution in [0.4, 0.5) is 0 Å². The van der Waals surface area contributed by atoms with Gasteiger partial charge in [0.25, 0.3) is 0 Å². The molecule has 0 saturated carbocycles. The van der Waals surface area contributed by atoms with E-state index in [-0.39, 0.29) is 5.56 Å². The first-order valence-electron chi connectivity index (χ1n) is 4.38. The predicted molar refractivity (Wildman–Crippen MR) is 55.1 cm³/mol. The number of methoxy groups -OCH3 is 1. The third-order valence-corrected chi connectivity index (χ3v) is 2.11. The second-order valence-electron chi connectivity index (χ2n) is 2.92. The summed E-state index contributed by atoms with van der Waals surface area (Å²) in [7, 11) is 2.88. The molecule has 1 aromatic carbocycles. The summed E-state index contributed by atoms with van der Waals surface area (Å²) in [4.78, 5) is 17.5. The van der Waals surface area contributed by atoms with Gasteiger partial charge in [-0.15, -0.1) is 0 Å². The summed E-state index contributed by atoms with van der Waals surface area (Å²) in [5.41, 5.74) is -0.297. The van der Waals surface area contributed by atoms with E-state index in [0.717, 1.165) is 4.85 Å². The normalized spacial score (nSPS) is 10.3. The monoisotopic (exact) mass is 206 g/mol. The van der Waals surface area contributed by atoms with Gasteiger partial charge in [-0.3, -0.25) is 4.79 Å². The van der Waals surface area contributed by atoms with Crippen molar-refractivity contribution >= 4 is 10.8 Å². The molecule has 0 fully saturated rings. The molecule has 0 aliphatic rings. The minimum absolute atomic E-state index is 0.297. The molecule has 1 heterocycles. The lowest BCUT2D eigenvalue weighted by Gasteiger charge is -2.07. The maximum absolute atomic E-state index is 11.7. The van der Waals surface area contributed by atoms with E-state index in [1.807, 2.05) is 6.07 Å². The zero-order chi connectivity index (χ0) is 10.8. The minimum atomic E-state index is -0.297. The van der Waals surface area contributed by atoms with Crippen LogP contribution >= 0.6 is 0 Å². The van der Waals surface area contributed by atoms with Gasteiger partial charge >= 0.3 is 5.56 Å². The quantitative estimate of drug-likeness (QED) is 0.716. The van der Waals surface area contributed by atoms with Crippen LogP contribution in [0.25, 0.3) is 10.8 Å². The molecule has 15 heavy (non-hydrogen) atoms. The van der Waals surface area contributed by atoms with E-state index >= 15 is 0 Å². The maximum atomic E-state index is 11.7. The van der Waals surface area contributed by atoms with Crippen molar-refractivity contribution in [1.29, 1.82) is 0 Å². The van der Waals surface area contributed by atoms with Gasteiger partial charge in [0.15, 0.2) is 0 Å². The molecule has 78 valence electrons. The SMILES string of the molecule is COc1nn(OC)c(=O)c2ccccc12. The molecule has 0 amide bonds. The van der Waals surface area contributed by atoms with Crippen LogP contribution in [0.2, 0.25) is 0 Å². The number of hydrogen-bond donors (Lipinski definition) is 0. The van der Waals surface area contributed by atoms with Crippen LogP contribution in [0, 0.1) is 0 Å². The van der Waals surface area contributed by atoms with Crippen molar-refractivity contribution in [1.82, 2.24) is 9.94 Å². The molecule has 5 heteroatoms. The highest BCUT2D eigenvalue weighted by Gasteiger charge is 2.09. The van der Waals surface area contributed by atoms with Crippen molar-refractivity contribution in [3.63, 3.8) is 0 Å². The molecule has 0 atom stereocenters. The van der Waals surface area contributed by atoms with Gasteiger partial charge in [0, 0.05) is 0 Å². The summed E-state index contributed by atoms with van der Waals surface area (Å²) in [5.74, 6) is 0.368. The van der Waals surface area contributed by atoms with E-state index in [1.165, 1.54) is 14.2 Å². The summed E-state index contributed by atoms with van der Waals surface area (Å²) >= 11 is 0. The van der Waals surface area contributed by atoms with Crippen LogP contribution in [0.3, 0.4) is 0 Å². The van der Waals surface area contributed by atoms with Gasteiger partial charge in [0.2, 0.25) is 5.88 Å². The van der Waals surface area contributed by atoms with Crippen molar-refractivity contribution in [2.24, 2.45) is 0 Å². The van der Waals surface area contributed by atoms with Gasteiger partial charge in [-0.25, -0.2) is 0 Å². The lowest BCUT2D eigenvalue weighted by Crippen LogP contribution is -2.27. The molecule has 2 aromatic rings. The number of nitrogens with zero attached hydrogens (tertiary/aromatic N) is 2. The summed E-state index contributed by atoms with van der Waals surface area (Å²) in [6.07, 6.45) is 0. The summed E-state index contributed by atoms with van der Waals surface area (Å²) in [6.45, 7) is 0. The summed E-state index contributed by atoms with van der Waals surface area (Å²) < 4.78 is 5.07. The zero-order valence-electron chi connectivity index (χ0n) is 8.43. The molecule has 0 aliphatic heterocycles. The largest absolute Gasteiger partial charge is 0.479 e. The topological polar surface area (TPSA) is 53.4 Å². The van der Waals surface area contributed by atoms with Gasteiger partial charge in [0.05, 0.1) is 17.9 Å². The first-order valence-corrected chi connectivity index (χ1v) is 4.38.